The van der Waals surface area contributed by atoms with Crippen LogP contribution in [0.25, 0.3) is 0 Å². The van der Waals surface area contributed by atoms with E-state index in [1.807, 2.05) is 23.7 Å². The Kier molecular flexibility index (Phi) is 2.75. The number of ether oxygens (including phenoxy) is 1. The zero-order valence-electron chi connectivity index (χ0n) is 10.3. The number of nitrogens with zero attached hydrogens (tertiary/aromatic N) is 3. The van der Waals surface area contributed by atoms with Gasteiger partial charge in [0.2, 0.25) is 0 Å². The summed E-state index contributed by atoms with van der Waals surface area (Å²) in [5, 5.41) is 8.19. The number of benzene rings is 1. The van der Waals surface area contributed by atoms with Gasteiger partial charge < -0.3 is 9.30 Å². The highest BCUT2D eigenvalue weighted by molar-refractivity contribution is 9.10. The molecule has 0 saturated carbocycles. The van der Waals surface area contributed by atoms with Gasteiger partial charge in [0, 0.05) is 17.9 Å². The number of halogens is 1. The van der Waals surface area contributed by atoms with E-state index in [9.17, 15) is 0 Å². The molecular formula is C13H14BrN3O. The molecule has 1 aliphatic heterocycles. The first-order valence-corrected chi connectivity index (χ1v) is 6.69. The first-order chi connectivity index (χ1) is 8.62. The molecular weight excluding hydrogens is 294 g/mol. The highest BCUT2D eigenvalue weighted by Gasteiger charge is 2.49. The molecule has 0 N–H and O–H groups in total. The standard InChI is InChI=1S/C13H14BrN3O/c1-9-7-13(18-9,12-16-15-8-17(12)2)10-4-3-5-11(14)6-10/h3-6,8-9H,7H2,1-2H3/t9-,13+/m1/s1. The van der Waals surface area contributed by atoms with Crippen molar-refractivity contribution >= 4 is 15.9 Å². The lowest BCUT2D eigenvalue weighted by Gasteiger charge is -2.45. The van der Waals surface area contributed by atoms with Crippen LogP contribution in [0.5, 0.6) is 0 Å². The normalized spacial score (nSPS) is 26.9. The van der Waals surface area contributed by atoms with E-state index in [2.05, 4.69) is 45.2 Å². The van der Waals surface area contributed by atoms with Crippen LogP contribution in [0.1, 0.15) is 24.7 Å². The summed E-state index contributed by atoms with van der Waals surface area (Å²) in [7, 11) is 1.95. The Bertz CT molecular complexity index is 575. The lowest BCUT2D eigenvalue weighted by atomic mass is 9.82. The summed E-state index contributed by atoms with van der Waals surface area (Å²) in [5.41, 5.74) is 0.667. The van der Waals surface area contributed by atoms with Crippen molar-refractivity contribution in [3.05, 3.63) is 46.5 Å². The molecule has 1 aliphatic rings. The van der Waals surface area contributed by atoms with Crippen LogP contribution in [0.15, 0.2) is 35.1 Å². The summed E-state index contributed by atoms with van der Waals surface area (Å²) in [4.78, 5) is 0. The Morgan fingerprint density at radius 2 is 2.28 bits per heavy atom. The highest BCUT2D eigenvalue weighted by atomic mass is 79.9. The van der Waals surface area contributed by atoms with E-state index in [1.165, 1.54) is 0 Å². The zero-order valence-corrected chi connectivity index (χ0v) is 11.9. The molecule has 1 aromatic carbocycles. The molecule has 0 aliphatic carbocycles. The van der Waals surface area contributed by atoms with Crippen LogP contribution in [-0.4, -0.2) is 20.9 Å². The van der Waals surface area contributed by atoms with E-state index in [0.717, 1.165) is 22.3 Å². The first-order valence-electron chi connectivity index (χ1n) is 5.90. The molecule has 5 heteroatoms. The molecule has 1 saturated heterocycles. The number of hydrogen-bond donors (Lipinski definition) is 0. The van der Waals surface area contributed by atoms with Gasteiger partial charge in [-0.15, -0.1) is 10.2 Å². The third kappa shape index (κ3) is 1.69. The average molecular weight is 308 g/mol. The number of aromatic nitrogens is 3. The smallest absolute Gasteiger partial charge is 0.169 e. The Morgan fingerprint density at radius 1 is 1.50 bits per heavy atom. The Balaban J connectivity index is 2.11. The van der Waals surface area contributed by atoms with Gasteiger partial charge in [0.1, 0.15) is 6.33 Å². The molecule has 0 spiro atoms. The van der Waals surface area contributed by atoms with Crippen molar-refractivity contribution in [1.29, 1.82) is 0 Å². The van der Waals surface area contributed by atoms with E-state index >= 15 is 0 Å². The summed E-state index contributed by atoms with van der Waals surface area (Å²) < 4.78 is 9.02. The SMILES string of the molecule is C[C@@H]1C[C@](c2cccc(Br)c2)(c2nncn2C)O1. The van der Waals surface area contributed by atoms with E-state index in [0.29, 0.717) is 0 Å². The van der Waals surface area contributed by atoms with Crippen molar-refractivity contribution < 1.29 is 4.74 Å². The fourth-order valence-electron chi connectivity index (χ4n) is 2.59. The van der Waals surface area contributed by atoms with Crippen LogP contribution in [0, 0.1) is 0 Å². The molecule has 94 valence electrons. The minimum atomic E-state index is -0.450. The number of rotatable bonds is 2. The van der Waals surface area contributed by atoms with Gasteiger partial charge in [0.05, 0.1) is 6.10 Å². The monoisotopic (exact) mass is 307 g/mol. The molecule has 2 atom stereocenters. The maximum absolute atomic E-state index is 6.05. The molecule has 0 bridgehead atoms. The molecule has 0 radical (unpaired) electrons. The van der Waals surface area contributed by atoms with Gasteiger partial charge in [-0.1, -0.05) is 28.1 Å². The van der Waals surface area contributed by atoms with Gasteiger partial charge in [-0.25, -0.2) is 0 Å². The molecule has 18 heavy (non-hydrogen) atoms. The summed E-state index contributed by atoms with van der Waals surface area (Å²) in [6.45, 7) is 2.08. The second kappa shape index (κ2) is 4.17. The summed E-state index contributed by atoms with van der Waals surface area (Å²) in [5.74, 6) is 0.860. The Morgan fingerprint density at radius 3 is 2.83 bits per heavy atom. The lowest BCUT2D eigenvalue weighted by molar-refractivity contribution is -0.184. The molecule has 2 heterocycles. The minimum absolute atomic E-state index is 0.251. The maximum atomic E-state index is 6.05. The van der Waals surface area contributed by atoms with Gasteiger partial charge in [0.15, 0.2) is 11.4 Å². The van der Waals surface area contributed by atoms with Crippen molar-refractivity contribution in [2.75, 3.05) is 0 Å². The van der Waals surface area contributed by atoms with Crippen LogP contribution >= 0.6 is 15.9 Å². The van der Waals surface area contributed by atoms with E-state index in [4.69, 9.17) is 4.74 Å². The molecule has 2 aromatic rings. The Hall–Kier alpha value is -1.20. The minimum Gasteiger partial charge on any atom is -0.359 e. The molecule has 4 nitrogen and oxygen atoms in total. The van der Waals surface area contributed by atoms with E-state index in [-0.39, 0.29) is 6.10 Å². The van der Waals surface area contributed by atoms with Crippen LogP contribution in [0.4, 0.5) is 0 Å². The van der Waals surface area contributed by atoms with Crippen LogP contribution in [0.2, 0.25) is 0 Å². The summed E-state index contributed by atoms with van der Waals surface area (Å²) in [6.07, 6.45) is 2.89. The topological polar surface area (TPSA) is 39.9 Å². The number of hydrogen-bond acceptors (Lipinski definition) is 3. The van der Waals surface area contributed by atoms with E-state index in [1.54, 1.807) is 6.33 Å². The Labute approximate surface area is 114 Å². The summed E-state index contributed by atoms with van der Waals surface area (Å²) in [6, 6.07) is 8.19. The maximum Gasteiger partial charge on any atom is 0.169 e. The number of aryl methyl sites for hydroxylation is 1. The lowest BCUT2D eigenvalue weighted by Crippen LogP contribution is -2.49. The molecule has 3 rings (SSSR count). The van der Waals surface area contributed by atoms with E-state index < -0.39 is 5.60 Å². The predicted molar refractivity (Wildman–Crippen MR) is 71.1 cm³/mol. The van der Waals surface area contributed by atoms with Crippen molar-refractivity contribution in [2.45, 2.75) is 25.0 Å². The fourth-order valence-corrected chi connectivity index (χ4v) is 2.99. The zero-order chi connectivity index (χ0) is 12.8. The van der Waals surface area contributed by atoms with Gasteiger partial charge in [-0.3, -0.25) is 0 Å². The molecule has 1 aromatic heterocycles. The third-order valence-electron chi connectivity index (χ3n) is 3.34. The third-order valence-corrected chi connectivity index (χ3v) is 3.83. The van der Waals surface area contributed by atoms with Crippen molar-refractivity contribution in [3.8, 4) is 0 Å². The second-order valence-electron chi connectivity index (χ2n) is 4.74. The fraction of sp³-hybridized carbons (Fsp3) is 0.385. The van der Waals surface area contributed by atoms with Gasteiger partial charge in [-0.05, 0) is 24.6 Å². The van der Waals surface area contributed by atoms with Gasteiger partial charge in [0.25, 0.3) is 0 Å². The van der Waals surface area contributed by atoms with Gasteiger partial charge in [-0.2, -0.15) is 0 Å². The molecule has 1 fully saturated rings. The molecule has 0 amide bonds. The van der Waals surface area contributed by atoms with Crippen molar-refractivity contribution in [2.24, 2.45) is 7.05 Å². The van der Waals surface area contributed by atoms with Crippen LogP contribution in [0.3, 0.4) is 0 Å². The van der Waals surface area contributed by atoms with Crippen LogP contribution in [-0.2, 0) is 17.4 Å². The average Bonchev–Trinajstić information content (AvgIpc) is 2.71. The summed E-state index contributed by atoms with van der Waals surface area (Å²) >= 11 is 3.51. The van der Waals surface area contributed by atoms with Crippen molar-refractivity contribution in [3.63, 3.8) is 0 Å². The second-order valence-corrected chi connectivity index (χ2v) is 5.65. The van der Waals surface area contributed by atoms with Crippen LogP contribution < -0.4 is 0 Å². The van der Waals surface area contributed by atoms with Crippen molar-refractivity contribution in [1.82, 2.24) is 14.8 Å². The first kappa shape index (κ1) is 11.9. The predicted octanol–water partition coefficient (Wildman–Crippen LogP) is 2.63. The van der Waals surface area contributed by atoms with Gasteiger partial charge >= 0.3 is 0 Å². The largest absolute Gasteiger partial charge is 0.359 e. The quantitative estimate of drug-likeness (QED) is 0.856. The molecule has 0 unspecified atom stereocenters. The highest BCUT2D eigenvalue weighted by Crippen LogP contribution is 2.46.